The highest BCUT2D eigenvalue weighted by molar-refractivity contribution is 5.96. The average molecular weight is 273 g/mol. The minimum atomic E-state index is 0.0459. The first-order chi connectivity index (χ1) is 9.78. The quantitative estimate of drug-likeness (QED) is 0.912. The van der Waals surface area contributed by atoms with Gasteiger partial charge in [0.2, 0.25) is 0 Å². The molecule has 0 aromatic carbocycles. The third-order valence-electron chi connectivity index (χ3n) is 3.74. The van der Waals surface area contributed by atoms with Crippen molar-refractivity contribution in [1.82, 2.24) is 14.9 Å². The molecular formula is C15H19N3O2. The molecule has 2 aromatic heterocycles. The van der Waals surface area contributed by atoms with Crippen LogP contribution in [0, 0.1) is 0 Å². The second-order valence-electron chi connectivity index (χ2n) is 5.15. The summed E-state index contributed by atoms with van der Waals surface area (Å²) in [4.78, 5) is 21.8. The number of amides is 1. The molecule has 0 unspecified atom stereocenters. The molecule has 0 spiro atoms. The number of carbonyl (C=O) groups is 1. The molecule has 20 heavy (non-hydrogen) atoms. The zero-order valence-electron chi connectivity index (χ0n) is 11.6. The summed E-state index contributed by atoms with van der Waals surface area (Å²) in [6.07, 6.45) is 5.44. The Labute approximate surface area is 117 Å². The first kappa shape index (κ1) is 13.1. The first-order valence-electron chi connectivity index (χ1n) is 7.12. The Morgan fingerprint density at radius 3 is 3.35 bits per heavy atom. The minimum absolute atomic E-state index is 0.0459. The van der Waals surface area contributed by atoms with Gasteiger partial charge in [-0.3, -0.25) is 4.79 Å². The Kier molecular flexibility index (Phi) is 3.69. The van der Waals surface area contributed by atoms with Crippen molar-refractivity contribution in [2.75, 3.05) is 19.7 Å². The Morgan fingerprint density at radius 1 is 1.60 bits per heavy atom. The number of rotatable bonds is 2. The highest BCUT2D eigenvalue weighted by Gasteiger charge is 2.22. The van der Waals surface area contributed by atoms with E-state index in [0.717, 1.165) is 37.0 Å². The van der Waals surface area contributed by atoms with Crippen molar-refractivity contribution in [2.45, 2.75) is 25.9 Å². The summed E-state index contributed by atoms with van der Waals surface area (Å²) < 4.78 is 5.71. The summed E-state index contributed by atoms with van der Waals surface area (Å²) >= 11 is 0. The number of hydrogen-bond donors (Lipinski definition) is 1. The molecule has 1 N–H and O–H groups in total. The number of nitrogens with zero attached hydrogens (tertiary/aromatic N) is 2. The zero-order valence-corrected chi connectivity index (χ0v) is 11.6. The molecule has 0 radical (unpaired) electrons. The molecule has 1 saturated heterocycles. The number of carbonyl (C=O) groups excluding carboxylic acids is 1. The van der Waals surface area contributed by atoms with E-state index in [1.807, 2.05) is 23.2 Å². The number of nitrogens with one attached hydrogen (secondary N) is 1. The number of pyridine rings is 1. The van der Waals surface area contributed by atoms with E-state index in [0.29, 0.717) is 12.1 Å². The fourth-order valence-electron chi connectivity index (χ4n) is 2.57. The minimum Gasteiger partial charge on any atom is -0.376 e. The topological polar surface area (TPSA) is 58.2 Å². The number of ether oxygens (including phenoxy) is 1. The summed E-state index contributed by atoms with van der Waals surface area (Å²) in [6.45, 7) is 4.24. The molecule has 1 aliphatic heterocycles. The van der Waals surface area contributed by atoms with Crippen LogP contribution < -0.4 is 0 Å². The van der Waals surface area contributed by atoms with Gasteiger partial charge in [-0.05, 0) is 25.0 Å². The van der Waals surface area contributed by atoms with Gasteiger partial charge in [-0.25, -0.2) is 4.98 Å². The van der Waals surface area contributed by atoms with E-state index in [-0.39, 0.29) is 12.0 Å². The van der Waals surface area contributed by atoms with Crippen LogP contribution in [0.5, 0.6) is 0 Å². The highest BCUT2D eigenvalue weighted by atomic mass is 16.5. The normalized spacial score (nSPS) is 20.1. The van der Waals surface area contributed by atoms with Crippen molar-refractivity contribution in [2.24, 2.45) is 0 Å². The monoisotopic (exact) mass is 273 g/mol. The molecule has 106 valence electrons. The molecule has 0 bridgehead atoms. The Morgan fingerprint density at radius 2 is 2.50 bits per heavy atom. The van der Waals surface area contributed by atoms with E-state index in [1.165, 1.54) is 0 Å². The lowest BCUT2D eigenvalue weighted by atomic mass is 10.2. The van der Waals surface area contributed by atoms with Crippen LogP contribution in [-0.2, 0) is 4.74 Å². The molecule has 2 aromatic rings. The Balaban J connectivity index is 1.82. The van der Waals surface area contributed by atoms with Crippen molar-refractivity contribution < 1.29 is 9.53 Å². The summed E-state index contributed by atoms with van der Waals surface area (Å²) in [5, 5.41) is 0.967. The number of hydrogen-bond acceptors (Lipinski definition) is 3. The summed E-state index contributed by atoms with van der Waals surface area (Å²) in [5.74, 6) is 0.0459. The molecule has 3 heterocycles. The van der Waals surface area contributed by atoms with Gasteiger partial charge in [0.25, 0.3) is 5.91 Å². The standard InChI is InChI=1S/C15H19N3O2/c1-2-13-10-18(6-3-7-20-13)15(19)12-8-11-4-5-16-14(11)17-9-12/h4-5,8-9,13H,2-3,6-7,10H2,1H3,(H,16,17)/t13-/m1/s1. The number of aromatic nitrogens is 2. The van der Waals surface area contributed by atoms with Gasteiger partial charge in [0.05, 0.1) is 11.7 Å². The van der Waals surface area contributed by atoms with Crippen LogP contribution in [0.3, 0.4) is 0 Å². The maximum absolute atomic E-state index is 12.6. The summed E-state index contributed by atoms with van der Waals surface area (Å²) in [7, 11) is 0. The molecule has 0 saturated carbocycles. The van der Waals surface area contributed by atoms with Gasteiger partial charge < -0.3 is 14.6 Å². The fraction of sp³-hybridized carbons (Fsp3) is 0.467. The van der Waals surface area contributed by atoms with Gasteiger partial charge in [-0.1, -0.05) is 6.92 Å². The van der Waals surface area contributed by atoms with E-state index in [1.54, 1.807) is 6.20 Å². The SMILES string of the molecule is CC[C@@H]1CN(C(=O)c2cnc3[nH]ccc3c2)CCCO1. The fourth-order valence-corrected chi connectivity index (χ4v) is 2.57. The van der Waals surface area contributed by atoms with Crippen molar-refractivity contribution in [3.05, 3.63) is 30.1 Å². The predicted octanol–water partition coefficient (Wildman–Crippen LogP) is 2.20. The van der Waals surface area contributed by atoms with E-state index in [9.17, 15) is 4.79 Å². The smallest absolute Gasteiger partial charge is 0.255 e. The lowest BCUT2D eigenvalue weighted by Gasteiger charge is -2.23. The second kappa shape index (κ2) is 5.63. The number of H-pyrrole nitrogens is 1. The van der Waals surface area contributed by atoms with E-state index < -0.39 is 0 Å². The van der Waals surface area contributed by atoms with Gasteiger partial charge in [-0.15, -0.1) is 0 Å². The number of aromatic amines is 1. The third-order valence-corrected chi connectivity index (χ3v) is 3.74. The van der Waals surface area contributed by atoms with Crippen LogP contribution in [-0.4, -0.2) is 46.6 Å². The predicted molar refractivity (Wildman–Crippen MR) is 76.6 cm³/mol. The van der Waals surface area contributed by atoms with Crippen molar-refractivity contribution >= 4 is 16.9 Å². The van der Waals surface area contributed by atoms with Crippen molar-refractivity contribution in [1.29, 1.82) is 0 Å². The van der Waals surface area contributed by atoms with Gasteiger partial charge in [0, 0.05) is 37.5 Å². The molecule has 5 nitrogen and oxygen atoms in total. The maximum atomic E-state index is 12.6. The van der Waals surface area contributed by atoms with E-state index in [4.69, 9.17) is 4.74 Å². The van der Waals surface area contributed by atoms with Crippen LogP contribution in [0.1, 0.15) is 30.1 Å². The van der Waals surface area contributed by atoms with Crippen LogP contribution in [0.2, 0.25) is 0 Å². The average Bonchev–Trinajstić information content (AvgIpc) is 2.81. The largest absolute Gasteiger partial charge is 0.376 e. The lowest BCUT2D eigenvalue weighted by molar-refractivity contribution is 0.0460. The molecule has 1 fully saturated rings. The van der Waals surface area contributed by atoms with Crippen molar-refractivity contribution in [3.8, 4) is 0 Å². The van der Waals surface area contributed by atoms with E-state index in [2.05, 4.69) is 16.9 Å². The van der Waals surface area contributed by atoms with Crippen LogP contribution in [0.25, 0.3) is 11.0 Å². The van der Waals surface area contributed by atoms with Gasteiger partial charge in [0.15, 0.2) is 0 Å². The molecule has 1 aliphatic rings. The summed E-state index contributed by atoms with van der Waals surface area (Å²) in [5.41, 5.74) is 1.46. The third kappa shape index (κ3) is 2.54. The maximum Gasteiger partial charge on any atom is 0.255 e. The molecule has 3 rings (SSSR count). The Hall–Kier alpha value is -1.88. The molecular weight excluding hydrogens is 254 g/mol. The van der Waals surface area contributed by atoms with Crippen LogP contribution in [0.4, 0.5) is 0 Å². The lowest BCUT2D eigenvalue weighted by Crippen LogP contribution is -2.36. The molecule has 1 amide bonds. The van der Waals surface area contributed by atoms with Gasteiger partial charge >= 0.3 is 0 Å². The van der Waals surface area contributed by atoms with Crippen LogP contribution >= 0.6 is 0 Å². The number of fused-ring (bicyclic) bond motifs is 1. The van der Waals surface area contributed by atoms with E-state index >= 15 is 0 Å². The zero-order chi connectivity index (χ0) is 13.9. The molecule has 0 aliphatic carbocycles. The first-order valence-corrected chi connectivity index (χ1v) is 7.12. The van der Waals surface area contributed by atoms with Gasteiger partial charge in [0.1, 0.15) is 5.65 Å². The van der Waals surface area contributed by atoms with Crippen molar-refractivity contribution in [3.63, 3.8) is 0 Å². The Bertz CT molecular complexity index is 608. The summed E-state index contributed by atoms with van der Waals surface area (Å²) in [6, 6.07) is 3.83. The van der Waals surface area contributed by atoms with Crippen LogP contribution in [0.15, 0.2) is 24.5 Å². The highest BCUT2D eigenvalue weighted by Crippen LogP contribution is 2.16. The molecule has 5 heteroatoms. The second-order valence-corrected chi connectivity index (χ2v) is 5.15. The van der Waals surface area contributed by atoms with Gasteiger partial charge in [-0.2, -0.15) is 0 Å². The molecule has 1 atom stereocenters.